The minimum atomic E-state index is -10.1. The van der Waals surface area contributed by atoms with Crippen molar-refractivity contribution in [2.45, 2.75) is 29.0 Å². The van der Waals surface area contributed by atoms with Crippen molar-refractivity contribution in [2.75, 3.05) is 6.61 Å². The molecule has 8 heteroatoms. The third-order valence-corrected chi connectivity index (χ3v) is 34.0. The molecule has 0 atom stereocenters. The fourth-order valence-corrected chi connectivity index (χ4v) is 24.9. The molecule has 0 unspecified atom stereocenters. The van der Waals surface area contributed by atoms with Crippen LogP contribution in [0.1, 0.15) is 20.8 Å². The first-order valence-corrected chi connectivity index (χ1v) is 18.9. The molecule has 0 saturated heterocycles. The summed E-state index contributed by atoms with van der Waals surface area (Å²) in [5.41, 5.74) is -0.844. The molecule has 0 fully saturated rings. The van der Waals surface area contributed by atoms with Crippen molar-refractivity contribution in [3.63, 3.8) is 0 Å². The molecular weight excluding hydrogens is 443 g/mol. The van der Waals surface area contributed by atoms with E-state index < -0.39 is 46.0 Å². The monoisotopic (exact) mass is 473 g/mol. The van der Waals surface area contributed by atoms with E-state index in [1.54, 1.807) is 20.8 Å². The summed E-state index contributed by atoms with van der Waals surface area (Å²) in [6.07, 6.45) is 3.03. The van der Waals surface area contributed by atoms with Crippen LogP contribution in [0.5, 0.6) is 0 Å². The molecule has 0 aliphatic rings. The third-order valence-electron chi connectivity index (χ3n) is 6.32. The van der Waals surface area contributed by atoms with Gasteiger partial charge in [0, 0.05) is 0 Å². The topological polar surface area (TPSA) is 107 Å². The van der Waals surface area contributed by atoms with Gasteiger partial charge in [-0.25, -0.2) is 0 Å². The molecule has 0 bridgehead atoms. The van der Waals surface area contributed by atoms with Crippen molar-refractivity contribution in [1.29, 1.82) is 0 Å². The fourth-order valence-electron chi connectivity index (χ4n) is 4.21. The van der Waals surface area contributed by atoms with Crippen molar-refractivity contribution >= 4 is 10.5 Å². The molecule has 28 heavy (non-hydrogen) atoms. The molecule has 7 nitrogen and oxygen atoms in total. The maximum atomic E-state index is 15.9. The van der Waals surface area contributed by atoms with Crippen LogP contribution in [0.3, 0.4) is 0 Å². The van der Waals surface area contributed by atoms with Gasteiger partial charge in [-0.2, -0.15) is 0 Å². The Morgan fingerprint density at radius 1 is 0.857 bits per heavy atom. The predicted octanol–water partition coefficient (Wildman–Crippen LogP) is 4.36. The first-order valence-electron chi connectivity index (χ1n) is 8.73. The summed E-state index contributed by atoms with van der Waals surface area (Å²) < 4.78 is 18.5. The SMILES string of the molecule is C=C[CH2][Zr](=[O])([CH2]C=C)([O]O)([O]CC(C)(C)C)([C](=O)C=C)([C](=O)C=C)[C](=O)C=C. The molecule has 0 aromatic heterocycles. The van der Waals surface area contributed by atoms with Crippen LogP contribution >= 0.6 is 0 Å². The van der Waals surface area contributed by atoms with Crippen LogP contribution in [0.2, 0.25) is 8.26 Å². The van der Waals surface area contributed by atoms with E-state index in [0.29, 0.717) is 18.2 Å². The standard InChI is InChI=1S/C5H11O.3C3H3O.2C3H5.H2O2.O.Zr/c1-5(2,3)4-6;3*1-2-3-4;2*1-3-2;1-2;;/h4H2,1-3H3;3*2H,1H2;2*3H,1-2H2;1-2H;;/q-1;;;;;;;;+2/p-1. The van der Waals surface area contributed by atoms with Gasteiger partial charge in [0.2, 0.25) is 0 Å². The number of allylic oxidation sites excluding steroid dienone is 5. The fraction of sp³-hybridized carbons (Fsp3) is 0.350. The first-order chi connectivity index (χ1) is 12.5. The van der Waals surface area contributed by atoms with E-state index in [1.165, 1.54) is 0 Å². The van der Waals surface area contributed by atoms with Crippen LogP contribution in [0.4, 0.5) is 0 Å². The number of hydrogen-bond acceptors (Lipinski definition) is 7. The van der Waals surface area contributed by atoms with Crippen LogP contribution in [0.25, 0.3) is 0 Å². The second-order valence-corrected chi connectivity index (χ2v) is 34.4. The van der Waals surface area contributed by atoms with Gasteiger partial charge in [0.1, 0.15) is 0 Å². The average molecular weight is 475 g/mol. The molecule has 0 radical (unpaired) electrons. The van der Waals surface area contributed by atoms with Gasteiger partial charge in [-0.1, -0.05) is 0 Å². The molecule has 0 spiro atoms. The Hall–Kier alpha value is -1.73. The zero-order valence-electron chi connectivity index (χ0n) is 16.9. The van der Waals surface area contributed by atoms with E-state index in [2.05, 4.69) is 35.9 Å². The molecule has 0 amide bonds. The molecule has 0 rings (SSSR count). The van der Waals surface area contributed by atoms with E-state index in [1.807, 2.05) is 0 Å². The summed E-state index contributed by atoms with van der Waals surface area (Å²) in [7, 11) is 0. The van der Waals surface area contributed by atoms with E-state index in [9.17, 15) is 19.6 Å². The van der Waals surface area contributed by atoms with Gasteiger partial charge in [0.05, 0.1) is 0 Å². The molecule has 0 aromatic carbocycles. The normalized spacial score (nSPS) is 17.4. The summed E-state index contributed by atoms with van der Waals surface area (Å²) in [5, 5.41) is 10.4. The van der Waals surface area contributed by atoms with Crippen molar-refractivity contribution < 1.29 is 43.4 Å². The number of carbonyl (C=O) groups excluding carboxylic acids is 3. The average Bonchev–Trinajstić information content (AvgIpc) is 2.66. The van der Waals surface area contributed by atoms with E-state index in [4.69, 9.17) is 2.81 Å². The van der Waals surface area contributed by atoms with Gasteiger partial charge < -0.3 is 0 Å². The van der Waals surface area contributed by atoms with E-state index in [0.717, 1.165) is 12.2 Å². The van der Waals surface area contributed by atoms with E-state index in [-0.39, 0.29) is 0 Å². The molecule has 157 valence electrons. The molecule has 1 N–H and O–H groups in total. The van der Waals surface area contributed by atoms with Gasteiger partial charge in [-0.3, -0.25) is 0 Å². The Balaban J connectivity index is 8.94. The van der Waals surface area contributed by atoms with Gasteiger partial charge in [-0.15, -0.1) is 0 Å². The maximum absolute atomic E-state index is 15.9. The molecule has 0 heterocycles. The molecule has 0 aliphatic heterocycles. The van der Waals surface area contributed by atoms with Crippen LogP contribution in [0.15, 0.2) is 63.3 Å². The molecule has 0 saturated carbocycles. The van der Waals surface area contributed by atoms with Gasteiger partial charge in [-0.05, 0) is 0 Å². The third kappa shape index (κ3) is 2.04. The minimum absolute atomic E-state index is 0.451. The van der Waals surface area contributed by atoms with Crippen LogP contribution in [-0.4, -0.2) is 22.3 Å². The van der Waals surface area contributed by atoms with Gasteiger partial charge >= 0.3 is 158 Å². The number of carbonyl (C=O) groups is 3. The van der Waals surface area contributed by atoms with E-state index >= 15 is 2.81 Å². The zero-order valence-corrected chi connectivity index (χ0v) is 19.4. The van der Waals surface area contributed by atoms with Gasteiger partial charge in [0.25, 0.3) is 0 Å². The summed E-state index contributed by atoms with van der Waals surface area (Å²) >= 11 is -10.1. The van der Waals surface area contributed by atoms with Crippen molar-refractivity contribution in [3.8, 4) is 0 Å². The van der Waals surface area contributed by atoms with Crippen molar-refractivity contribution in [3.05, 3.63) is 63.3 Å². The number of hydrogen-bond donors (Lipinski definition) is 1. The molecule has 0 aromatic rings. The Bertz CT molecular complexity index is 896. The first kappa shape index (κ1) is 26.3. The van der Waals surface area contributed by atoms with Gasteiger partial charge in [0.15, 0.2) is 0 Å². The summed E-state index contributed by atoms with van der Waals surface area (Å²) in [4.78, 5) is 41.0. The second-order valence-electron chi connectivity index (χ2n) is 9.35. The summed E-state index contributed by atoms with van der Waals surface area (Å²) in [6, 6.07) is 0. The molecular formula is C20H31O7Zr. The predicted molar refractivity (Wildman–Crippen MR) is 105 cm³/mol. The summed E-state index contributed by atoms with van der Waals surface area (Å²) in [5.74, 6) is 0. The van der Waals surface area contributed by atoms with Crippen LogP contribution in [0, 0.1) is 5.41 Å². The second kappa shape index (κ2) is 5.66. The van der Waals surface area contributed by atoms with Crippen molar-refractivity contribution in [1.82, 2.24) is 0 Å². The summed E-state index contributed by atoms with van der Waals surface area (Å²) in [6.45, 7) is 21.0. The number of rotatable bonds is 13. The molecule has 0 aliphatic carbocycles. The van der Waals surface area contributed by atoms with Crippen molar-refractivity contribution in [2.24, 2.45) is 5.41 Å². The van der Waals surface area contributed by atoms with Crippen LogP contribution in [-0.2, 0) is 38.2 Å². The Labute approximate surface area is 158 Å². The van der Waals surface area contributed by atoms with Crippen LogP contribution < -0.4 is 0 Å². The quantitative estimate of drug-likeness (QED) is 0.183. The Kier molecular flexibility index (Phi) is 5.31. The Morgan fingerprint density at radius 2 is 1.18 bits per heavy atom. The zero-order chi connectivity index (χ0) is 22.7. The Morgan fingerprint density at radius 3 is 1.36 bits per heavy atom.